The minimum atomic E-state index is -0.695. The minimum Gasteiger partial charge on any atom is -0.481 e. The van der Waals surface area contributed by atoms with Crippen molar-refractivity contribution >= 4 is 33.5 Å². The molecule has 0 bridgehead atoms. The van der Waals surface area contributed by atoms with Crippen LogP contribution in [0.15, 0.2) is 53.0 Å². The monoisotopic (exact) mass is 444 g/mol. The second kappa shape index (κ2) is 9.24. The Labute approximate surface area is 174 Å². The van der Waals surface area contributed by atoms with Crippen LogP contribution in [0.5, 0.6) is 0 Å². The standard InChI is InChI=1S/C22H25BrN2O3/c1-24(21(26)14-16-5-7-19(23)8-6-16)15-17-3-2-4-20(13-17)25-11-9-18(10-12-25)22(27)28/h2-8,13,18H,9-12,14-15H2,1H3,(H,27,28). The summed E-state index contributed by atoms with van der Waals surface area (Å²) in [5, 5.41) is 9.15. The van der Waals surface area contributed by atoms with E-state index >= 15 is 0 Å². The van der Waals surface area contributed by atoms with Crippen LogP contribution in [0.25, 0.3) is 0 Å². The molecule has 0 atom stereocenters. The number of piperidine rings is 1. The lowest BCUT2D eigenvalue weighted by Crippen LogP contribution is -2.36. The Morgan fingerprint density at radius 1 is 1.11 bits per heavy atom. The van der Waals surface area contributed by atoms with E-state index in [1.54, 1.807) is 4.90 Å². The molecular weight excluding hydrogens is 420 g/mol. The molecule has 1 N–H and O–H groups in total. The van der Waals surface area contributed by atoms with Crippen LogP contribution in [0, 0.1) is 5.92 Å². The first-order valence-electron chi connectivity index (χ1n) is 9.47. The summed E-state index contributed by atoms with van der Waals surface area (Å²) >= 11 is 3.41. The van der Waals surface area contributed by atoms with E-state index in [1.807, 2.05) is 49.5 Å². The van der Waals surface area contributed by atoms with Gasteiger partial charge < -0.3 is 14.9 Å². The molecule has 6 heteroatoms. The van der Waals surface area contributed by atoms with Crippen LogP contribution in [0.2, 0.25) is 0 Å². The SMILES string of the molecule is CN(Cc1cccc(N2CCC(C(=O)O)CC2)c1)C(=O)Cc1ccc(Br)cc1. The van der Waals surface area contributed by atoms with Gasteiger partial charge in [0.2, 0.25) is 5.91 Å². The van der Waals surface area contributed by atoms with E-state index in [0.29, 0.717) is 25.8 Å². The average Bonchev–Trinajstić information content (AvgIpc) is 2.70. The van der Waals surface area contributed by atoms with E-state index < -0.39 is 5.97 Å². The molecule has 1 aliphatic heterocycles. The molecule has 0 saturated carbocycles. The minimum absolute atomic E-state index is 0.0787. The quantitative estimate of drug-likeness (QED) is 0.732. The largest absolute Gasteiger partial charge is 0.481 e. The Bertz CT molecular complexity index is 830. The number of hydrogen-bond acceptors (Lipinski definition) is 3. The predicted octanol–water partition coefficient (Wildman–Crippen LogP) is 3.95. The zero-order valence-electron chi connectivity index (χ0n) is 16.0. The first-order chi connectivity index (χ1) is 13.4. The van der Waals surface area contributed by atoms with Crippen LogP contribution in [-0.4, -0.2) is 42.0 Å². The van der Waals surface area contributed by atoms with Crippen molar-refractivity contribution in [1.29, 1.82) is 0 Å². The number of likely N-dealkylation sites (N-methyl/N-ethyl adjacent to an activating group) is 1. The molecule has 0 unspecified atom stereocenters. The highest BCUT2D eigenvalue weighted by Crippen LogP contribution is 2.24. The van der Waals surface area contributed by atoms with Crippen molar-refractivity contribution in [2.45, 2.75) is 25.8 Å². The van der Waals surface area contributed by atoms with Crippen LogP contribution < -0.4 is 4.90 Å². The third-order valence-electron chi connectivity index (χ3n) is 5.23. The van der Waals surface area contributed by atoms with Crippen LogP contribution in [0.4, 0.5) is 5.69 Å². The number of aliphatic carboxylic acids is 1. The molecule has 2 aromatic rings. The maximum Gasteiger partial charge on any atom is 0.306 e. The maximum atomic E-state index is 12.5. The third kappa shape index (κ3) is 5.35. The second-order valence-electron chi connectivity index (χ2n) is 7.32. The zero-order valence-corrected chi connectivity index (χ0v) is 17.6. The van der Waals surface area contributed by atoms with E-state index in [4.69, 9.17) is 5.11 Å². The van der Waals surface area contributed by atoms with Gasteiger partial charge in [-0.25, -0.2) is 0 Å². The summed E-state index contributed by atoms with van der Waals surface area (Å²) in [6, 6.07) is 16.0. The Morgan fingerprint density at radius 2 is 1.79 bits per heavy atom. The second-order valence-corrected chi connectivity index (χ2v) is 8.24. The molecule has 2 aromatic carbocycles. The molecule has 1 amide bonds. The fraction of sp³-hybridized carbons (Fsp3) is 0.364. The zero-order chi connectivity index (χ0) is 20.1. The Morgan fingerprint density at radius 3 is 2.43 bits per heavy atom. The molecule has 148 valence electrons. The van der Waals surface area contributed by atoms with Gasteiger partial charge in [0.05, 0.1) is 12.3 Å². The number of carbonyl (C=O) groups excluding carboxylic acids is 1. The first-order valence-corrected chi connectivity index (χ1v) is 10.3. The summed E-state index contributed by atoms with van der Waals surface area (Å²) in [6.45, 7) is 2.05. The van der Waals surface area contributed by atoms with Gasteiger partial charge in [-0.2, -0.15) is 0 Å². The van der Waals surface area contributed by atoms with Crippen LogP contribution in [-0.2, 0) is 22.6 Å². The van der Waals surface area contributed by atoms with Gasteiger partial charge >= 0.3 is 5.97 Å². The van der Waals surface area contributed by atoms with Crippen molar-refractivity contribution in [1.82, 2.24) is 4.90 Å². The number of benzene rings is 2. The van der Waals surface area contributed by atoms with Crippen molar-refractivity contribution < 1.29 is 14.7 Å². The van der Waals surface area contributed by atoms with Crippen molar-refractivity contribution in [3.63, 3.8) is 0 Å². The Balaban J connectivity index is 1.58. The maximum absolute atomic E-state index is 12.5. The molecule has 1 saturated heterocycles. The van der Waals surface area contributed by atoms with Crippen LogP contribution in [0.1, 0.15) is 24.0 Å². The van der Waals surface area contributed by atoms with Crippen LogP contribution >= 0.6 is 15.9 Å². The fourth-order valence-electron chi connectivity index (χ4n) is 3.51. The third-order valence-corrected chi connectivity index (χ3v) is 5.76. The van der Waals surface area contributed by atoms with Gasteiger partial charge in [-0.1, -0.05) is 40.2 Å². The number of carbonyl (C=O) groups is 2. The molecule has 3 rings (SSSR count). The van der Waals surface area contributed by atoms with Crippen molar-refractivity contribution in [2.24, 2.45) is 5.92 Å². The van der Waals surface area contributed by atoms with Gasteiger partial charge in [0.15, 0.2) is 0 Å². The first kappa shape index (κ1) is 20.4. The highest BCUT2D eigenvalue weighted by atomic mass is 79.9. The number of halogens is 1. The van der Waals surface area contributed by atoms with Gasteiger partial charge in [-0.05, 0) is 48.2 Å². The van der Waals surface area contributed by atoms with E-state index in [-0.39, 0.29) is 11.8 Å². The van der Waals surface area contributed by atoms with E-state index in [0.717, 1.165) is 34.4 Å². The topological polar surface area (TPSA) is 60.9 Å². The molecule has 0 aliphatic carbocycles. The molecule has 5 nitrogen and oxygen atoms in total. The van der Waals surface area contributed by atoms with Crippen LogP contribution in [0.3, 0.4) is 0 Å². The van der Waals surface area contributed by atoms with Gasteiger partial charge in [0.1, 0.15) is 0 Å². The van der Waals surface area contributed by atoms with E-state index in [2.05, 4.69) is 26.9 Å². The Kier molecular flexibility index (Phi) is 6.73. The molecule has 1 fully saturated rings. The molecule has 0 radical (unpaired) electrons. The molecule has 1 aliphatic rings. The van der Waals surface area contributed by atoms with Crippen molar-refractivity contribution in [3.05, 3.63) is 64.1 Å². The lowest BCUT2D eigenvalue weighted by atomic mass is 9.96. The Hall–Kier alpha value is -2.34. The van der Waals surface area contributed by atoms with Gasteiger partial charge in [-0.15, -0.1) is 0 Å². The summed E-state index contributed by atoms with van der Waals surface area (Å²) in [6.07, 6.45) is 1.72. The molecular formula is C22H25BrN2O3. The van der Waals surface area contributed by atoms with E-state index in [9.17, 15) is 9.59 Å². The van der Waals surface area contributed by atoms with Crippen molar-refractivity contribution in [3.8, 4) is 0 Å². The highest BCUT2D eigenvalue weighted by Gasteiger charge is 2.24. The lowest BCUT2D eigenvalue weighted by Gasteiger charge is -2.32. The van der Waals surface area contributed by atoms with Gasteiger partial charge in [0.25, 0.3) is 0 Å². The van der Waals surface area contributed by atoms with Crippen molar-refractivity contribution in [2.75, 3.05) is 25.0 Å². The number of carboxylic acid groups (broad SMARTS) is 1. The molecule has 28 heavy (non-hydrogen) atoms. The fourth-order valence-corrected chi connectivity index (χ4v) is 3.77. The molecule has 0 spiro atoms. The predicted molar refractivity (Wildman–Crippen MR) is 113 cm³/mol. The summed E-state index contributed by atoms with van der Waals surface area (Å²) in [4.78, 5) is 27.6. The summed E-state index contributed by atoms with van der Waals surface area (Å²) in [5.41, 5.74) is 3.16. The number of nitrogens with zero attached hydrogens (tertiary/aromatic N) is 2. The molecule has 1 heterocycles. The summed E-state index contributed by atoms with van der Waals surface area (Å²) in [5.74, 6) is -0.851. The number of rotatable bonds is 6. The highest BCUT2D eigenvalue weighted by molar-refractivity contribution is 9.10. The smallest absolute Gasteiger partial charge is 0.306 e. The summed E-state index contributed by atoms with van der Waals surface area (Å²) < 4.78 is 1.00. The molecule has 0 aromatic heterocycles. The number of carboxylic acids is 1. The van der Waals surface area contributed by atoms with Gasteiger partial charge in [0, 0.05) is 36.8 Å². The number of hydrogen-bond donors (Lipinski definition) is 1. The normalized spacial score (nSPS) is 14.7. The van der Waals surface area contributed by atoms with E-state index in [1.165, 1.54) is 0 Å². The van der Waals surface area contributed by atoms with Gasteiger partial charge in [-0.3, -0.25) is 9.59 Å². The lowest BCUT2D eigenvalue weighted by molar-refractivity contribution is -0.142. The summed E-state index contributed by atoms with van der Waals surface area (Å²) in [7, 11) is 1.83. The number of anilines is 1. The number of amides is 1. The average molecular weight is 445 g/mol.